The molecule has 0 spiro atoms. The number of allylic oxidation sites excluding steroid dienone is 13. The number of esters is 2. The number of carbonyl (C=O) groups excluding carboxylic acids is 3. The summed E-state index contributed by atoms with van der Waals surface area (Å²) in [7, 11) is -4.79. The summed E-state index contributed by atoms with van der Waals surface area (Å²) in [6.45, 7) is 2.39. The molecule has 0 radical (unpaired) electrons. The van der Waals surface area contributed by atoms with Crippen molar-refractivity contribution >= 4 is 31.5 Å². The van der Waals surface area contributed by atoms with Gasteiger partial charge in [-0.05, 0) is 82.6 Å². The van der Waals surface area contributed by atoms with Crippen LogP contribution in [0.3, 0.4) is 0 Å². The molecule has 338 valence electrons. The molecule has 60 heavy (non-hydrogen) atoms. The lowest BCUT2D eigenvalue weighted by molar-refractivity contribution is -0.161. The predicted molar refractivity (Wildman–Crippen MR) is 235 cm³/mol. The average molecular weight is 862 g/mol. The van der Waals surface area contributed by atoms with Crippen LogP contribution in [0.4, 0.5) is 0 Å². The molecule has 0 aromatic rings. The fraction of sp³-hybridized carbons (Fsp3) is 0.609. The number of hydrogen-bond donors (Lipinski definition) is 4. The summed E-state index contributed by atoms with van der Waals surface area (Å²) in [4.78, 5) is 58.5. The Balaban J connectivity index is 2.52. The highest BCUT2D eigenvalue weighted by molar-refractivity contribution is 7.47. The molecule has 1 aliphatic rings. The minimum Gasteiger partial charge on any atom is -0.480 e. The predicted octanol–water partition coefficient (Wildman–Crippen LogP) is 9.12. The second-order valence-corrected chi connectivity index (χ2v) is 16.2. The second-order valence-electron chi connectivity index (χ2n) is 14.8. The lowest BCUT2D eigenvalue weighted by Crippen LogP contribution is -2.34. The monoisotopic (exact) mass is 861 g/mol. The molecular weight excluding hydrogens is 789 g/mol. The zero-order valence-corrected chi connectivity index (χ0v) is 36.8. The number of aliphatic carboxylic acids is 1. The van der Waals surface area contributed by atoms with Gasteiger partial charge < -0.3 is 30.3 Å². The van der Waals surface area contributed by atoms with E-state index in [9.17, 15) is 33.7 Å². The number of carboxylic acids is 1. The number of unbranched alkanes of at least 4 members (excludes halogenated alkanes) is 7. The molecule has 6 atom stereocenters. The number of ether oxygens (including phenoxy) is 2. The van der Waals surface area contributed by atoms with Gasteiger partial charge in [-0.15, -0.1) is 0 Å². The summed E-state index contributed by atoms with van der Waals surface area (Å²) in [6, 6.07) is -1.56. The van der Waals surface area contributed by atoms with Gasteiger partial charge in [-0.1, -0.05) is 125 Å². The first-order chi connectivity index (χ1) is 28.9. The molecule has 0 fully saturated rings. The highest BCUT2D eigenvalue weighted by Gasteiger charge is 2.29. The summed E-state index contributed by atoms with van der Waals surface area (Å²) >= 11 is 0. The van der Waals surface area contributed by atoms with Crippen molar-refractivity contribution in [3.63, 3.8) is 0 Å². The largest absolute Gasteiger partial charge is 0.480 e. The number of carboxylic acid groups (broad SMARTS) is 1. The minimum atomic E-state index is -4.79. The Labute approximate surface area is 358 Å². The van der Waals surface area contributed by atoms with Crippen molar-refractivity contribution in [2.24, 2.45) is 17.6 Å². The maximum atomic E-state index is 12.6. The second kappa shape index (κ2) is 34.9. The zero-order chi connectivity index (χ0) is 44.3. The summed E-state index contributed by atoms with van der Waals surface area (Å²) in [6.07, 6.45) is 40.0. The van der Waals surface area contributed by atoms with E-state index < -0.39 is 63.8 Å². The number of aliphatic hydroxyl groups excluding tert-OH is 1. The first kappa shape index (κ1) is 54.3. The van der Waals surface area contributed by atoms with Crippen molar-refractivity contribution in [1.82, 2.24) is 0 Å². The van der Waals surface area contributed by atoms with E-state index in [2.05, 4.69) is 54.8 Å². The maximum absolute atomic E-state index is 12.6. The highest BCUT2D eigenvalue weighted by Crippen LogP contribution is 2.43. The van der Waals surface area contributed by atoms with Gasteiger partial charge in [0, 0.05) is 18.8 Å². The van der Waals surface area contributed by atoms with Crippen LogP contribution in [0.25, 0.3) is 0 Å². The van der Waals surface area contributed by atoms with E-state index >= 15 is 0 Å². The normalized spacial score (nSPS) is 18.4. The molecule has 1 rings (SSSR count). The number of hydrogen-bond acceptors (Lipinski definition) is 11. The third kappa shape index (κ3) is 29.5. The van der Waals surface area contributed by atoms with Crippen LogP contribution < -0.4 is 5.73 Å². The van der Waals surface area contributed by atoms with Crippen LogP contribution in [0.2, 0.25) is 0 Å². The van der Waals surface area contributed by atoms with Crippen molar-refractivity contribution in [3.05, 3.63) is 85.1 Å². The fourth-order valence-corrected chi connectivity index (χ4v) is 6.59. The zero-order valence-electron chi connectivity index (χ0n) is 35.9. The van der Waals surface area contributed by atoms with Gasteiger partial charge in [0.15, 0.2) is 11.9 Å². The molecule has 5 N–H and O–H groups in total. The van der Waals surface area contributed by atoms with Gasteiger partial charge in [0.1, 0.15) is 12.6 Å². The quantitative estimate of drug-likeness (QED) is 0.0201. The molecule has 0 heterocycles. The number of rotatable bonds is 36. The van der Waals surface area contributed by atoms with Crippen LogP contribution in [0, 0.1) is 11.8 Å². The van der Waals surface area contributed by atoms with E-state index in [1.54, 1.807) is 18.2 Å². The first-order valence-electron chi connectivity index (χ1n) is 21.7. The molecule has 0 aromatic carbocycles. The van der Waals surface area contributed by atoms with Crippen LogP contribution in [-0.2, 0) is 42.3 Å². The fourth-order valence-electron chi connectivity index (χ4n) is 5.81. The first-order valence-corrected chi connectivity index (χ1v) is 23.2. The Morgan fingerprint density at radius 2 is 1.32 bits per heavy atom. The third-order valence-electron chi connectivity index (χ3n) is 9.36. The van der Waals surface area contributed by atoms with Crippen molar-refractivity contribution < 1.29 is 57.4 Å². The molecule has 14 heteroatoms. The van der Waals surface area contributed by atoms with Gasteiger partial charge in [0.25, 0.3) is 0 Å². The van der Waals surface area contributed by atoms with Crippen molar-refractivity contribution in [2.45, 2.75) is 148 Å². The maximum Gasteiger partial charge on any atom is 0.472 e. The molecule has 0 bridgehead atoms. The number of ketones is 1. The Morgan fingerprint density at radius 3 is 1.93 bits per heavy atom. The Kier molecular flexibility index (Phi) is 31.6. The van der Waals surface area contributed by atoms with E-state index in [1.807, 2.05) is 30.4 Å². The lowest BCUT2D eigenvalue weighted by atomic mass is 9.90. The molecule has 0 amide bonds. The van der Waals surface area contributed by atoms with E-state index in [4.69, 9.17) is 24.8 Å². The number of carbonyl (C=O) groups is 4. The van der Waals surface area contributed by atoms with Crippen molar-refractivity contribution in [2.75, 3.05) is 19.8 Å². The van der Waals surface area contributed by atoms with Gasteiger partial charge in [-0.3, -0.25) is 28.2 Å². The van der Waals surface area contributed by atoms with Crippen LogP contribution in [0.15, 0.2) is 85.1 Å². The SMILES string of the molecule is CCCCC/C=C\C/C=C\C/C=C\C/C=C\CCCC(=O)O[C@H](COC(=O)CCC/C=C\C[C@H]1C=CC(=O)[C@@H]1/C=C/[C@@H](O)CCCCC)COP(=O)(O)OC[C@H](N)C(=O)O. The molecule has 13 nitrogen and oxygen atoms in total. The van der Waals surface area contributed by atoms with Gasteiger partial charge in [0.2, 0.25) is 0 Å². The van der Waals surface area contributed by atoms with Crippen molar-refractivity contribution in [1.29, 1.82) is 0 Å². The van der Waals surface area contributed by atoms with Crippen LogP contribution in [-0.4, -0.2) is 76.9 Å². The van der Waals surface area contributed by atoms with E-state index in [1.165, 1.54) is 19.3 Å². The van der Waals surface area contributed by atoms with Crippen LogP contribution >= 0.6 is 7.82 Å². The number of aliphatic hydroxyl groups is 1. The summed E-state index contributed by atoms with van der Waals surface area (Å²) in [5, 5.41) is 19.1. The smallest absolute Gasteiger partial charge is 0.472 e. The summed E-state index contributed by atoms with van der Waals surface area (Å²) in [5.74, 6) is -2.94. The summed E-state index contributed by atoms with van der Waals surface area (Å²) in [5.41, 5.74) is 5.32. The molecule has 1 unspecified atom stereocenters. The van der Waals surface area contributed by atoms with Crippen LogP contribution in [0.1, 0.15) is 129 Å². The molecule has 1 aliphatic carbocycles. The summed E-state index contributed by atoms with van der Waals surface area (Å²) < 4.78 is 32.6. The molecule has 0 saturated carbocycles. The topological polar surface area (TPSA) is 209 Å². The van der Waals surface area contributed by atoms with Gasteiger partial charge in [-0.25, -0.2) is 4.57 Å². The van der Waals surface area contributed by atoms with Crippen molar-refractivity contribution in [3.8, 4) is 0 Å². The Bertz CT molecular complexity index is 1480. The Morgan fingerprint density at radius 1 is 0.767 bits per heavy atom. The van der Waals surface area contributed by atoms with Gasteiger partial charge in [0.05, 0.1) is 19.3 Å². The minimum absolute atomic E-state index is 0.00693. The number of nitrogens with two attached hydrogens (primary N) is 1. The standard InChI is InChI=1S/C46H72NO12P/c1-3-5-7-8-9-10-11-12-13-14-15-16-17-18-19-20-26-30-45(51)59-40(36-57-60(54,55)58-37-42(47)46(52)53)35-56-44(50)29-25-22-21-24-27-38-31-34-43(49)41(38)33-32-39(48)28-23-6-4-2/h9-10,12-13,15-16,18-19,21,24,31-34,38-42,48H,3-8,11,14,17,20,22-23,25-30,35-37,47H2,1-2H3,(H,52,53)(H,54,55)/b10-9-,13-12-,16-15-,19-18-,24-21-,33-32+/t38-,39-,40+,41+,42-/m0/s1. The van der Waals surface area contributed by atoms with E-state index in [0.29, 0.717) is 38.5 Å². The lowest BCUT2D eigenvalue weighted by Gasteiger charge is -2.20. The highest BCUT2D eigenvalue weighted by atomic mass is 31.2. The van der Waals surface area contributed by atoms with Gasteiger partial charge >= 0.3 is 25.7 Å². The van der Waals surface area contributed by atoms with Crippen LogP contribution in [0.5, 0.6) is 0 Å². The number of phosphoric acid groups is 1. The number of phosphoric ester groups is 1. The average Bonchev–Trinajstić information content (AvgIpc) is 3.57. The molecular formula is C46H72NO12P. The molecule has 0 aliphatic heterocycles. The van der Waals surface area contributed by atoms with E-state index in [0.717, 1.165) is 44.9 Å². The molecule has 0 saturated heterocycles. The molecule has 0 aromatic heterocycles. The van der Waals surface area contributed by atoms with Gasteiger partial charge in [-0.2, -0.15) is 0 Å². The van der Waals surface area contributed by atoms with E-state index in [-0.39, 0.29) is 30.5 Å². The third-order valence-corrected chi connectivity index (χ3v) is 10.3. The Hall–Kier alpha value is -3.71.